The molecule has 1 aromatic rings. The lowest BCUT2D eigenvalue weighted by atomic mass is 10.0. The number of benzene rings is 1. The van der Waals surface area contributed by atoms with Gasteiger partial charge in [0, 0.05) is 6.26 Å². The second kappa shape index (κ2) is 6.02. The van der Waals surface area contributed by atoms with Gasteiger partial charge in [-0.25, -0.2) is 13.2 Å². The Bertz CT molecular complexity index is 613. The molecular formula is C14H18O4S. The van der Waals surface area contributed by atoms with Crippen LogP contribution in [0.5, 0.6) is 0 Å². The van der Waals surface area contributed by atoms with Crippen molar-refractivity contribution in [3.05, 3.63) is 34.9 Å². The summed E-state index contributed by atoms with van der Waals surface area (Å²) in [5.74, 6) is -1.10. The van der Waals surface area contributed by atoms with Crippen molar-refractivity contribution < 1.29 is 18.3 Å². The van der Waals surface area contributed by atoms with Gasteiger partial charge >= 0.3 is 5.97 Å². The lowest BCUT2D eigenvalue weighted by Crippen LogP contribution is -2.08. The highest BCUT2D eigenvalue weighted by molar-refractivity contribution is 7.90. The molecule has 0 unspecified atom stereocenters. The first-order valence-corrected chi connectivity index (χ1v) is 7.97. The van der Waals surface area contributed by atoms with Gasteiger partial charge in [0.05, 0.1) is 10.5 Å². The molecule has 0 aliphatic rings. The Morgan fingerprint density at radius 1 is 1.32 bits per heavy atom. The zero-order chi connectivity index (χ0) is 14.6. The molecule has 0 spiro atoms. The van der Waals surface area contributed by atoms with Crippen molar-refractivity contribution >= 4 is 21.9 Å². The maximum absolute atomic E-state index is 11.8. The molecule has 1 N–H and O–H groups in total. The van der Waals surface area contributed by atoms with Crippen LogP contribution in [0.25, 0.3) is 6.08 Å². The fourth-order valence-electron chi connectivity index (χ4n) is 1.83. The molecule has 0 aromatic heterocycles. The van der Waals surface area contributed by atoms with Crippen LogP contribution in [0, 0.1) is 0 Å². The SMILES string of the molecule is CCC=Cc1cc(CC)c(C(=O)O)cc1S(C)(=O)=O. The van der Waals surface area contributed by atoms with Crippen molar-refractivity contribution in [3.8, 4) is 0 Å². The van der Waals surface area contributed by atoms with Crippen molar-refractivity contribution in [2.45, 2.75) is 31.6 Å². The first-order valence-electron chi connectivity index (χ1n) is 6.08. The van der Waals surface area contributed by atoms with E-state index in [0.717, 1.165) is 12.7 Å². The van der Waals surface area contributed by atoms with Crippen LogP contribution in [0.2, 0.25) is 0 Å². The summed E-state index contributed by atoms with van der Waals surface area (Å²) in [6, 6.07) is 2.90. The molecule has 0 fully saturated rings. The van der Waals surface area contributed by atoms with E-state index in [2.05, 4.69) is 0 Å². The van der Waals surface area contributed by atoms with E-state index in [1.165, 1.54) is 6.07 Å². The van der Waals surface area contributed by atoms with E-state index >= 15 is 0 Å². The summed E-state index contributed by atoms with van der Waals surface area (Å²) in [5, 5.41) is 9.14. The summed E-state index contributed by atoms with van der Waals surface area (Å²) >= 11 is 0. The number of hydrogen-bond acceptors (Lipinski definition) is 3. The molecule has 0 saturated heterocycles. The van der Waals surface area contributed by atoms with Crippen LogP contribution in [0.15, 0.2) is 23.1 Å². The summed E-state index contributed by atoms with van der Waals surface area (Å²) in [6.07, 6.45) is 5.98. The van der Waals surface area contributed by atoms with Gasteiger partial charge in [0.1, 0.15) is 0 Å². The van der Waals surface area contributed by atoms with Gasteiger partial charge in [-0.2, -0.15) is 0 Å². The lowest BCUT2D eigenvalue weighted by Gasteiger charge is -2.10. The van der Waals surface area contributed by atoms with Crippen LogP contribution in [0.3, 0.4) is 0 Å². The molecule has 104 valence electrons. The third-order valence-electron chi connectivity index (χ3n) is 2.78. The van der Waals surface area contributed by atoms with E-state index in [9.17, 15) is 13.2 Å². The maximum atomic E-state index is 11.8. The van der Waals surface area contributed by atoms with Gasteiger partial charge in [0.15, 0.2) is 9.84 Å². The fraction of sp³-hybridized carbons (Fsp3) is 0.357. The molecule has 4 nitrogen and oxygen atoms in total. The van der Waals surface area contributed by atoms with Crippen molar-refractivity contribution in [2.24, 2.45) is 0 Å². The third kappa shape index (κ3) is 3.67. The van der Waals surface area contributed by atoms with Gasteiger partial charge in [0.25, 0.3) is 0 Å². The molecule has 0 aliphatic carbocycles. The Morgan fingerprint density at radius 2 is 1.95 bits per heavy atom. The Labute approximate surface area is 113 Å². The van der Waals surface area contributed by atoms with Gasteiger partial charge in [0.2, 0.25) is 0 Å². The quantitative estimate of drug-likeness (QED) is 0.901. The number of sulfone groups is 1. The number of rotatable bonds is 5. The molecule has 0 radical (unpaired) electrons. The largest absolute Gasteiger partial charge is 0.478 e. The third-order valence-corrected chi connectivity index (χ3v) is 3.93. The normalized spacial score (nSPS) is 11.9. The number of carboxylic acid groups (broad SMARTS) is 1. The molecule has 0 heterocycles. The highest BCUT2D eigenvalue weighted by atomic mass is 32.2. The maximum Gasteiger partial charge on any atom is 0.336 e. The second-order valence-electron chi connectivity index (χ2n) is 4.29. The second-order valence-corrected chi connectivity index (χ2v) is 6.27. The van der Waals surface area contributed by atoms with Gasteiger partial charge < -0.3 is 5.11 Å². The molecule has 1 rings (SSSR count). The van der Waals surface area contributed by atoms with Crippen LogP contribution in [0.1, 0.15) is 41.8 Å². The smallest absolute Gasteiger partial charge is 0.336 e. The summed E-state index contributed by atoms with van der Waals surface area (Å²) < 4.78 is 23.5. The number of carbonyl (C=O) groups is 1. The van der Waals surface area contributed by atoms with E-state index in [0.29, 0.717) is 17.5 Å². The molecule has 1 aromatic carbocycles. The van der Waals surface area contributed by atoms with E-state index < -0.39 is 15.8 Å². The van der Waals surface area contributed by atoms with E-state index in [4.69, 9.17) is 5.11 Å². The monoisotopic (exact) mass is 282 g/mol. The Hall–Kier alpha value is -1.62. The number of aryl methyl sites for hydroxylation is 1. The first-order chi connectivity index (χ1) is 8.81. The average molecular weight is 282 g/mol. The number of hydrogen-bond donors (Lipinski definition) is 1. The molecule has 0 saturated carbocycles. The van der Waals surface area contributed by atoms with Gasteiger partial charge in [-0.15, -0.1) is 0 Å². The molecule has 19 heavy (non-hydrogen) atoms. The van der Waals surface area contributed by atoms with E-state index in [-0.39, 0.29) is 10.5 Å². The molecule has 0 bridgehead atoms. The summed E-state index contributed by atoms with van der Waals surface area (Å²) in [6.45, 7) is 3.79. The molecule has 0 atom stereocenters. The number of carboxylic acids is 1. The van der Waals surface area contributed by atoms with Crippen LogP contribution in [-0.4, -0.2) is 25.7 Å². The van der Waals surface area contributed by atoms with Crippen LogP contribution in [-0.2, 0) is 16.3 Å². The van der Waals surface area contributed by atoms with Gasteiger partial charge in [-0.1, -0.05) is 26.0 Å². The van der Waals surface area contributed by atoms with Crippen LogP contribution in [0.4, 0.5) is 0 Å². The zero-order valence-corrected chi connectivity index (χ0v) is 12.1. The van der Waals surface area contributed by atoms with Gasteiger partial charge in [-0.05, 0) is 36.1 Å². The van der Waals surface area contributed by atoms with E-state index in [1.807, 2.05) is 19.9 Å². The first kappa shape index (κ1) is 15.4. The van der Waals surface area contributed by atoms with Crippen LogP contribution < -0.4 is 0 Å². The standard InChI is InChI=1S/C14H18O4S/c1-4-6-7-11-8-10(5-2)12(14(15)16)9-13(11)19(3,17)18/h6-9H,4-5H2,1-3H3,(H,15,16). The topological polar surface area (TPSA) is 71.4 Å². The summed E-state index contributed by atoms with van der Waals surface area (Å²) in [4.78, 5) is 11.2. The van der Waals surface area contributed by atoms with Crippen molar-refractivity contribution in [1.29, 1.82) is 0 Å². The van der Waals surface area contributed by atoms with Crippen molar-refractivity contribution in [1.82, 2.24) is 0 Å². The highest BCUT2D eigenvalue weighted by Gasteiger charge is 2.18. The van der Waals surface area contributed by atoms with Crippen molar-refractivity contribution in [2.75, 3.05) is 6.26 Å². The number of allylic oxidation sites excluding steroid dienone is 1. The molecule has 0 aliphatic heterocycles. The fourth-order valence-corrected chi connectivity index (χ4v) is 2.72. The molecule has 5 heteroatoms. The number of aromatic carboxylic acids is 1. The zero-order valence-electron chi connectivity index (χ0n) is 11.3. The predicted octanol–water partition coefficient (Wildman–Crippen LogP) is 2.77. The minimum absolute atomic E-state index is 0.0524. The lowest BCUT2D eigenvalue weighted by molar-refractivity contribution is 0.0695. The summed E-state index contributed by atoms with van der Waals surface area (Å²) in [7, 11) is -3.46. The van der Waals surface area contributed by atoms with Crippen molar-refractivity contribution in [3.63, 3.8) is 0 Å². The van der Waals surface area contributed by atoms with Crippen LogP contribution >= 0.6 is 0 Å². The summed E-state index contributed by atoms with van der Waals surface area (Å²) in [5.41, 5.74) is 1.23. The Kier molecular flexibility index (Phi) is 4.89. The van der Waals surface area contributed by atoms with Gasteiger partial charge in [-0.3, -0.25) is 0 Å². The Balaban J connectivity index is 3.62. The Morgan fingerprint density at radius 3 is 2.37 bits per heavy atom. The average Bonchev–Trinajstić information content (AvgIpc) is 2.33. The predicted molar refractivity (Wildman–Crippen MR) is 75.2 cm³/mol. The van der Waals surface area contributed by atoms with E-state index in [1.54, 1.807) is 12.1 Å². The minimum atomic E-state index is -3.46. The minimum Gasteiger partial charge on any atom is -0.478 e. The molecular weight excluding hydrogens is 264 g/mol. The molecule has 0 amide bonds. The highest BCUT2D eigenvalue weighted by Crippen LogP contribution is 2.23.